The Balaban J connectivity index is 1.98. The van der Waals surface area contributed by atoms with Gasteiger partial charge in [0.2, 0.25) is 5.91 Å². The number of fused-ring (bicyclic) bond motifs is 2. The van der Waals surface area contributed by atoms with Gasteiger partial charge in [-0.05, 0) is 26.0 Å². The van der Waals surface area contributed by atoms with Crippen LogP contribution >= 0.6 is 23.4 Å². The lowest BCUT2D eigenvalue weighted by Gasteiger charge is -2.45. The first-order chi connectivity index (χ1) is 12.4. The molecule has 2 amide bonds. The topological polar surface area (TPSA) is 71.0 Å². The summed E-state index contributed by atoms with van der Waals surface area (Å²) < 4.78 is 41.5. The van der Waals surface area contributed by atoms with E-state index in [9.17, 15) is 22.8 Å². The van der Waals surface area contributed by atoms with Crippen molar-refractivity contribution in [3.05, 3.63) is 17.2 Å². The highest BCUT2D eigenvalue weighted by Crippen LogP contribution is 2.47. The number of aliphatic imine (C=N–C) groups is 1. The summed E-state index contributed by atoms with van der Waals surface area (Å²) in [6.07, 6.45) is -4.51. The number of piperidine rings is 1. The van der Waals surface area contributed by atoms with Gasteiger partial charge in [0.25, 0.3) is 5.91 Å². The highest BCUT2D eigenvalue weighted by Gasteiger charge is 2.47. The third-order valence-corrected chi connectivity index (χ3v) is 5.57. The van der Waals surface area contributed by atoms with Gasteiger partial charge < -0.3 is 4.74 Å². The highest BCUT2D eigenvalue weighted by molar-refractivity contribution is 8.01. The van der Waals surface area contributed by atoms with Crippen LogP contribution in [0.1, 0.15) is 27.2 Å². The zero-order chi connectivity index (χ0) is 20.1. The van der Waals surface area contributed by atoms with E-state index >= 15 is 0 Å². The van der Waals surface area contributed by atoms with Gasteiger partial charge in [-0.3, -0.25) is 20.0 Å². The lowest BCUT2D eigenvalue weighted by Crippen LogP contribution is -2.64. The average Bonchev–Trinajstić information content (AvgIpc) is 2.49. The summed E-state index contributed by atoms with van der Waals surface area (Å²) in [5.41, 5.74) is 2.75. The number of rotatable bonds is 2. The molecule has 0 radical (unpaired) electrons. The molecule has 1 saturated heterocycles. The predicted molar refractivity (Wildman–Crippen MR) is 94.2 cm³/mol. The van der Waals surface area contributed by atoms with E-state index in [0.29, 0.717) is 22.7 Å². The van der Waals surface area contributed by atoms with Crippen LogP contribution < -0.4 is 10.2 Å². The van der Waals surface area contributed by atoms with Crippen molar-refractivity contribution < 1.29 is 27.5 Å². The van der Waals surface area contributed by atoms with Crippen LogP contribution in [-0.4, -0.2) is 39.7 Å². The fourth-order valence-electron chi connectivity index (χ4n) is 2.94. The van der Waals surface area contributed by atoms with Crippen molar-refractivity contribution in [3.8, 4) is 5.75 Å². The van der Waals surface area contributed by atoms with E-state index in [-0.39, 0.29) is 5.02 Å². The highest BCUT2D eigenvalue weighted by atomic mass is 35.5. The van der Waals surface area contributed by atoms with Gasteiger partial charge in [0.05, 0.1) is 16.2 Å². The number of hydrogen-bond donors (Lipinski definition) is 1. The van der Waals surface area contributed by atoms with E-state index in [4.69, 9.17) is 11.6 Å². The maximum Gasteiger partial charge on any atom is 0.573 e. The molecule has 2 aliphatic heterocycles. The van der Waals surface area contributed by atoms with Crippen LogP contribution in [0, 0.1) is 0 Å². The second-order valence-electron chi connectivity index (χ2n) is 6.73. The van der Waals surface area contributed by atoms with Crippen LogP contribution in [-0.2, 0) is 9.59 Å². The smallest absolute Gasteiger partial charge is 0.404 e. The van der Waals surface area contributed by atoms with Crippen LogP contribution in [0.15, 0.2) is 22.0 Å². The number of nitrogens with one attached hydrogen (secondary N) is 1. The Labute approximate surface area is 162 Å². The number of alkyl halides is 3. The van der Waals surface area contributed by atoms with Gasteiger partial charge in [-0.15, -0.1) is 24.9 Å². The summed E-state index contributed by atoms with van der Waals surface area (Å²) in [7, 11) is 0. The molecule has 6 nitrogen and oxygen atoms in total. The van der Waals surface area contributed by atoms with Crippen molar-refractivity contribution in [2.75, 3.05) is 0 Å². The van der Waals surface area contributed by atoms with E-state index in [1.165, 1.54) is 18.0 Å². The molecular formula is C16H15ClF3N3O3S. The molecular weight excluding hydrogens is 407 g/mol. The number of hydrazine groups is 1. The second kappa shape index (κ2) is 6.59. The van der Waals surface area contributed by atoms with Crippen LogP contribution in [0.4, 0.5) is 18.9 Å². The second-order valence-corrected chi connectivity index (χ2v) is 8.28. The van der Waals surface area contributed by atoms with Crippen molar-refractivity contribution in [1.29, 1.82) is 0 Å². The molecule has 1 atom stereocenters. The van der Waals surface area contributed by atoms with E-state index in [2.05, 4.69) is 15.2 Å². The number of ether oxygens (including phenoxy) is 1. The SMILES string of the molecule is CC(=O)NN1C(=O)C2Sc3cc(OC(F)(F)F)c(Cl)cc3N=C2CC1(C)C. The molecule has 1 aromatic rings. The number of hydrogen-bond acceptors (Lipinski definition) is 5. The van der Waals surface area contributed by atoms with E-state index in [1.54, 1.807) is 13.8 Å². The number of halogens is 4. The first kappa shape index (κ1) is 19.8. The third kappa shape index (κ3) is 4.01. The summed E-state index contributed by atoms with van der Waals surface area (Å²) >= 11 is 6.93. The number of carbonyl (C=O) groups is 2. The Hall–Kier alpha value is -1.94. The molecule has 0 aliphatic carbocycles. The number of benzene rings is 1. The maximum atomic E-state index is 12.9. The zero-order valence-corrected chi connectivity index (χ0v) is 16.1. The molecule has 0 aromatic heterocycles. The summed E-state index contributed by atoms with van der Waals surface area (Å²) in [6.45, 7) is 4.86. The predicted octanol–water partition coefficient (Wildman–Crippen LogP) is 3.85. The van der Waals surface area contributed by atoms with Crippen molar-refractivity contribution in [3.63, 3.8) is 0 Å². The summed E-state index contributed by atoms with van der Waals surface area (Å²) in [4.78, 5) is 29.1. The number of carbonyl (C=O) groups excluding carboxylic acids is 2. The molecule has 0 spiro atoms. The fourth-order valence-corrected chi connectivity index (χ4v) is 4.27. The minimum Gasteiger partial charge on any atom is -0.404 e. The Morgan fingerprint density at radius 1 is 1.44 bits per heavy atom. The van der Waals surface area contributed by atoms with Crippen molar-refractivity contribution in [2.24, 2.45) is 4.99 Å². The standard InChI is InChI=1S/C16H15ClF3N3O3S/c1-7(24)22-23-14(25)13-10(6-15(23,2)3)21-9-4-8(17)11(5-12(9)27-13)26-16(18,19)20/h4-5,13H,6H2,1-3H3,(H,22,24). The van der Waals surface area contributed by atoms with E-state index in [1.807, 2.05) is 0 Å². The molecule has 1 unspecified atom stereocenters. The first-order valence-electron chi connectivity index (χ1n) is 7.82. The summed E-state index contributed by atoms with van der Waals surface area (Å²) in [5, 5.41) is 0.271. The maximum absolute atomic E-state index is 12.9. The third-order valence-electron chi connectivity index (χ3n) is 3.98. The minimum absolute atomic E-state index is 0.226. The molecule has 1 N–H and O–H groups in total. The van der Waals surface area contributed by atoms with E-state index in [0.717, 1.165) is 17.8 Å². The Morgan fingerprint density at radius 3 is 2.70 bits per heavy atom. The monoisotopic (exact) mass is 421 g/mol. The van der Waals surface area contributed by atoms with Gasteiger partial charge >= 0.3 is 6.36 Å². The minimum atomic E-state index is -4.89. The number of thioether (sulfide) groups is 1. The van der Waals surface area contributed by atoms with Crippen molar-refractivity contribution in [2.45, 2.75) is 49.2 Å². The Bertz CT molecular complexity index is 857. The van der Waals surface area contributed by atoms with Gasteiger partial charge in [-0.25, -0.2) is 5.01 Å². The van der Waals surface area contributed by atoms with Crippen molar-refractivity contribution >= 4 is 46.6 Å². The van der Waals surface area contributed by atoms with Gasteiger partial charge in [-0.1, -0.05) is 11.6 Å². The lowest BCUT2D eigenvalue weighted by molar-refractivity contribution is -0.274. The molecule has 2 heterocycles. The summed E-state index contributed by atoms with van der Waals surface area (Å²) in [6, 6.07) is 2.40. The lowest BCUT2D eigenvalue weighted by atomic mass is 9.89. The van der Waals surface area contributed by atoms with Crippen LogP contribution in [0.3, 0.4) is 0 Å². The first-order valence-corrected chi connectivity index (χ1v) is 9.08. The quantitative estimate of drug-likeness (QED) is 0.787. The van der Waals surface area contributed by atoms with Crippen molar-refractivity contribution in [1.82, 2.24) is 10.4 Å². The number of nitrogens with zero attached hydrogens (tertiary/aromatic N) is 2. The normalized spacial score (nSPS) is 21.1. The van der Waals surface area contributed by atoms with Crippen LogP contribution in [0.5, 0.6) is 5.75 Å². The zero-order valence-electron chi connectivity index (χ0n) is 14.5. The molecule has 3 rings (SSSR count). The fraction of sp³-hybridized carbons (Fsp3) is 0.438. The van der Waals surface area contributed by atoms with Crippen LogP contribution in [0.25, 0.3) is 0 Å². The van der Waals surface area contributed by atoms with Gasteiger partial charge in [0.15, 0.2) is 0 Å². The van der Waals surface area contributed by atoms with Gasteiger partial charge in [0.1, 0.15) is 11.0 Å². The van der Waals surface area contributed by atoms with E-state index < -0.39 is 34.7 Å². The largest absolute Gasteiger partial charge is 0.573 e. The van der Waals surface area contributed by atoms with Crippen LogP contribution in [0.2, 0.25) is 5.02 Å². The van der Waals surface area contributed by atoms with Gasteiger partial charge in [-0.2, -0.15) is 0 Å². The molecule has 11 heteroatoms. The number of amides is 2. The Morgan fingerprint density at radius 2 is 2.11 bits per heavy atom. The Kier molecular flexibility index (Phi) is 4.84. The molecule has 2 aliphatic rings. The molecule has 0 saturated carbocycles. The van der Waals surface area contributed by atoms with Gasteiger partial charge in [0, 0.05) is 24.0 Å². The average molecular weight is 422 g/mol. The molecule has 27 heavy (non-hydrogen) atoms. The molecule has 146 valence electrons. The molecule has 1 aromatic carbocycles. The molecule has 1 fully saturated rings. The molecule has 0 bridgehead atoms. The summed E-state index contributed by atoms with van der Waals surface area (Å²) in [5.74, 6) is -1.36.